The maximum absolute atomic E-state index is 12.3. The van der Waals surface area contributed by atoms with Crippen LogP contribution in [0.2, 0.25) is 5.02 Å². The number of halogens is 1. The highest BCUT2D eigenvalue weighted by Crippen LogP contribution is 2.27. The number of amides is 1. The van der Waals surface area contributed by atoms with Gasteiger partial charge >= 0.3 is 0 Å². The number of nitroso groups, excluding NO2 is 1. The number of carbonyl (C=O) groups excluding carboxylic acids is 1. The van der Waals surface area contributed by atoms with Gasteiger partial charge in [-0.2, -0.15) is 0 Å². The van der Waals surface area contributed by atoms with Crippen LogP contribution in [0.3, 0.4) is 0 Å². The molecule has 0 aliphatic heterocycles. The summed E-state index contributed by atoms with van der Waals surface area (Å²) in [4.78, 5) is 22.9. The van der Waals surface area contributed by atoms with Gasteiger partial charge in [0.2, 0.25) is 0 Å². The van der Waals surface area contributed by atoms with E-state index in [9.17, 15) is 9.70 Å². The number of anilines is 2. The summed E-state index contributed by atoms with van der Waals surface area (Å²) in [6.45, 7) is 3.53. The molecule has 2 rings (SSSR count). The molecule has 0 aliphatic carbocycles. The molecular weight excluding hydrogens is 290 g/mol. The molecular formula is C15H14ClN3O2. The van der Waals surface area contributed by atoms with Crippen LogP contribution >= 0.6 is 11.6 Å². The zero-order chi connectivity index (χ0) is 15.6. The summed E-state index contributed by atoms with van der Waals surface area (Å²) in [5.41, 5.74) is 8.80. The van der Waals surface area contributed by atoms with Crippen LogP contribution in [0.15, 0.2) is 35.5 Å². The number of nitrogens with two attached hydrogens (primary N) is 1. The predicted molar refractivity (Wildman–Crippen MR) is 85.2 cm³/mol. The molecule has 6 heteroatoms. The zero-order valence-corrected chi connectivity index (χ0v) is 12.4. The van der Waals surface area contributed by atoms with Crippen molar-refractivity contribution < 1.29 is 4.79 Å². The van der Waals surface area contributed by atoms with Crippen LogP contribution < -0.4 is 11.1 Å². The van der Waals surface area contributed by atoms with Crippen LogP contribution in [-0.4, -0.2) is 5.91 Å². The fourth-order valence-electron chi connectivity index (χ4n) is 1.94. The Kier molecular flexibility index (Phi) is 4.23. The van der Waals surface area contributed by atoms with E-state index in [0.29, 0.717) is 33.2 Å². The minimum atomic E-state index is -0.360. The monoisotopic (exact) mass is 303 g/mol. The molecule has 21 heavy (non-hydrogen) atoms. The summed E-state index contributed by atoms with van der Waals surface area (Å²) in [6, 6.07) is 8.03. The summed E-state index contributed by atoms with van der Waals surface area (Å²) in [5, 5.41) is 6.02. The molecule has 0 fully saturated rings. The Morgan fingerprint density at radius 3 is 2.57 bits per heavy atom. The van der Waals surface area contributed by atoms with Gasteiger partial charge in [-0.05, 0) is 60.5 Å². The Morgan fingerprint density at radius 2 is 1.90 bits per heavy atom. The first-order chi connectivity index (χ1) is 9.92. The molecule has 2 aromatic rings. The van der Waals surface area contributed by atoms with Gasteiger partial charge in [-0.3, -0.25) is 4.79 Å². The van der Waals surface area contributed by atoms with Gasteiger partial charge in [-0.25, -0.2) is 0 Å². The number of carbonyl (C=O) groups is 1. The van der Waals surface area contributed by atoms with Crippen LogP contribution in [-0.2, 0) is 0 Å². The Labute approximate surface area is 127 Å². The Morgan fingerprint density at radius 1 is 1.19 bits per heavy atom. The molecule has 0 bridgehead atoms. The maximum Gasteiger partial charge on any atom is 0.257 e. The topological polar surface area (TPSA) is 84.6 Å². The minimum absolute atomic E-state index is 0.298. The van der Waals surface area contributed by atoms with E-state index >= 15 is 0 Å². The van der Waals surface area contributed by atoms with Crippen molar-refractivity contribution in [2.24, 2.45) is 5.18 Å². The summed E-state index contributed by atoms with van der Waals surface area (Å²) in [6.07, 6.45) is 0. The van der Waals surface area contributed by atoms with Crippen molar-refractivity contribution in [3.05, 3.63) is 57.0 Å². The molecule has 0 radical (unpaired) electrons. The second-order valence-corrected chi connectivity index (χ2v) is 5.15. The maximum atomic E-state index is 12.3. The van der Waals surface area contributed by atoms with Crippen molar-refractivity contribution in [1.82, 2.24) is 0 Å². The molecule has 0 aromatic heterocycles. The lowest BCUT2D eigenvalue weighted by molar-refractivity contribution is 0.102. The number of hydrogen-bond donors (Lipinski definition) is 2. The van der Waals surface area contributed by atoms with Crippen LogP contribution in [0.4, 0.5) is 17.1 Å². The van der Waals surface area contributed by atoms with Gasteiger partial charge in [0, 0.05) is 11.4 Å². The van der Waals surface area contributed by atoms with Gasteiger partial charge in [-0.15, -0.1) is 4.91 Å². The molecule has 2 aromatic carbocycles. The lowest BCUT2D eigenvalue weighted by atomic mass is 10.1. The number of rotatable bonds is 3. The van der Waals surface area contributed by atoms with Crippen LogP contribution in [0, 0.1) is 18.8 Å². The molecule has 0 unspecified atom stereocenters. The second kappa shape index (κ2) is 5.93. The van der Waals surface area contributed by atoms with E-state index in [2.05, 4.69) is 10.5 Å². The highest BCUT2D eigenvalue weighted by Gasteiger charge is 2.13. The fourth-order valence-corrected chi connectivity index (χ4v) is 2.14. The first kappa shape index (κ1) is 15.0. The summed E-state index contributed by atoms with van der Waals surface area (Å²) >= 11 is 6.00. The molecule has 5 nitrogen and oxygen atoms in total. The van der Waals surface area contributed by atoms with Gasteiger partial charge < -0.3 is 11.1 Å². The molecule has 108 valence electrons. The lowest BCUT2D eigenvalue weighted by Crippen LogP contribution is -2.14. The third kappa shape index (κ3) is 3.20. The number of hydrogen-bond acceptors (Lipinski definition) is 4. The van der Waals surface area contributed by atoms with Crippen LogP contribution in [0.5, 0.6) is 0 Å². The second-order valence-electron chi connectivity index (χ2n) is 4.74. The smallest absolute Gasteiger partial charge is 0.257 e. The summed E-state index contributed by atoms with van der Waals surface area (Å²) < 4.78 is 0. The van der Waals surface area contributed by atoms with E-state index in [0.717, 1.165) is 5.56 Å². The average molecular weight is 304 g/mol. The van der Waals surface area contributed by atoms with Crippen molar-refractivity contribution in [2.45, 2.75) is 13.8 Å². The highest BCUT2D eigenvalue weighted by atomic mass is 35.5. The van der Waals surface area contributed by atoms with E-state index in [4.69, 9.17) is 17.3 Å². The van der Waals surface area contributed by atoms with Gasteiger partial charge in [0.25, 0.3) is 5.91 Å². The van der Waals surface area contributed by atoms with Gasteiger partial charge in [0.05, 0.1) is 10.6 Å². The minimum Gasteiger partial charge on any atom is -0.399 e. The van der Waals surface area contributed by atoms with Crippen LogP contribution in [0.25, 0.3) is 0 Å². The van der Waals surface area contributed by atoms with Crippen LogP contribution in [0.1, 0.15) is 21.5 Å². The van der Waals surface area contributed by atoms with E-state index in [1.165, 1.54) is 6.07 Å². The number of nitrogens with zero attached hydrogens (tertiary/aromatic N) is 1. The number of aryl methyl sites for hydroxylation is 2. The third-order valence-electron chi connectivity index (χ3n) is 3.12. The van der Waals surface area contributed by atoms with Gasteiger partial charge in [0.1, 0.15) is 5.69 Å². The lowest BCUT2D eigenvalue weighted by Gasteiger charge is -2.11. The molecule has 0 spiro atoms. The Hall–Kier alpha value is -2.40. The van der Waals surface area contributed by atoms with Crippen molar-refractivity contribution in [3.63, 3.8) is 0 Å². The molecule has 0 aliphatic rings. The van der Waals surface area contributed by atoms with Crippen molar-refractivity contribution in [1.29, 1.82) is 0 Å². The number of benzene rings is 2. The average Bonchev–Trinajstić information content (AvgIpc) is 2.45. The largest absolute Gasteiger partial charge is 0.399 e. The van der Waals surface area contributed by atoms with Crippen molar-refractivity contribution >= 4 is 34.6 Å². The van der Waals surface area contributed by atoms with E-state index in [1.54, 1.807) is 38.1 Å². The SMILES string of the molecule is Cc1cc(NC(=O)c2cc(N)ccc2Cl)c(C)cc1N=O. The quantitative estimate of drug-likeness (QED) is 0.658. The fraction of sp³-hybridized carbons (Fsp3) is 0.133. The van der Waals surface area contributed by atoms with Crippen molar-refractivity contribution in [2.75, 3.05) is 11.1 Å². The third-order valence-corrected chi connectivity index (χ3v) is 3.45. The molecule has 0 saturated heterocycles. The van der Waals surface area contributed by atoms with Gasteiger partial charge in [0.15, 0.2) is 0 Å². The summed E-state index contributed by atoms with van der Waals surface area (Å²) in [5.74, 6) is -0.360. The Balaban J connectivity index is 2.34. The summed E-state index contributed by atoms with van der Waals surface area (Å²) in [7, 11) is 0. The molecule has 3 N–H and O–H groups in total. The van der Waals surface area contributed by atoms with E-state index in [-0.39, 0.29) is 5.91 Å². The number of nitrogen functional groups attached to an aromatic ring is 1. The first-order valence-corrected chi connectivity index (χ1v) is 6.61. The van der Waals surface area contributed by atoms with E-state index in [1.807, 2.05) is 0 Å². The zero-order valence-electron chi connectivity index (χ0n) is 11.6. The molecule has 1 amide bonds. The normalized spacial score (nSPS) is 10.2. The molecule has 0 atom stereocenters. The molecule has 0 heterocycles. The Bertz CT molecular complexity index is 729. The molecule has 0 saturated carbocycles. The predicted octanol–water partition coefficient (Wildman–Crippen LogP) is 4.19. The standard InChI is InChI=1S/C15H14ClN3O2/c1-8-6-14(19-21)9(2)5-13(8)18-15(20)11-7-10(17)3-4-12(11)16/h3-7H,17H2,1-2H3,(H,18,20). The highest BCUT2D eigenvalue weighted by molar-refractivity contribution is 6.34. The van der Waals surface area contributed by atoms with E-state index < -0.39 is 0 Å². The number of nitrogens with one attached hydrogen (secondary N) is 1. The first-order valence-electron chi connectivity index (χ1n) is 6.23. The van der Waals surface area contributed by atoms with Gasteiger partial charge in [-0.1, -0.05) is 11.6 Å². The van der Waals surface area contributed by atoms with Crippen molar-refractivity contribution in [3.8, 4) is 0 Å².